The van der Waals surface area contributed by atoms with Gasteiger partial charge in [-0.2, -0.15) is 4.31 Å². The molecule has 1 aliphatic heterocycles. The van der Waals surface area contributed by atoms with Gasteiger partial charge < -0.3 is 14.7 Å². The molecule has 10 heteroatoms. The number of fused-ring (bicyclic) bond motifs is 1. The molecule has 1 N–H and O–H groups in total. The lowest BCUT2D eigenvalue weighted by atomic mass is 10.0. The van der Waals surface area contributed by atoms with E-state index in [1.165, 1.54) is 33.9 Å². The van der Waals surface area contributed by atoms with Gasteiger partial charge in [0.1, 0.15) is 22.4 Å². The van der Waals surface area contributed by atoms with Gasteiger partial charge in [0.15, 0.2) is 0 Å². The number of ether oxygens (including phenoxy) is 1. The van der Waals surface area contributed by atoms with E-state index in [1.807, 2.05) is 20.8 Å². The van der Waals surface area contributed by atoms with Gasteiger partial charge in [0.2, 0.25) is 10.0 Å². The Bertz CT molecular complexity index is 1210. The Morgan fingerprint density at radius 1 is 1.31 bits per heavy atom. The molecule has 1 aliphatic rings. The molecule has 3 atom stereocenters. The molecular formula is C25H32N4O5S. The van der Waals surface area contributed by atoms with Gasteiger partial charge in [-0.3, -0.25) is 9.78 Å². The summed E-state index contributed by atoms with van der Waals surface area (Å²) in [6, 6.07) is 4.14. The number of aliphatic hydroxyl groups is 1. The van der Waals surface area contributed by atoms with E-state index in [2.05, 4.69) is 21.8 Å². The number of carbonyl (C=O) groups excluding carboxylic acids is 1. The molecule has 0 unspecified atom stereocenters. The zero-order chi connectivity index (χ0) is 25.8. The van der Waals surface area contributed by atoms with E-state index >= 15 is 0 Å². The third kappa shape index (κ3) is 6.17. The van der Waals surface area contributed by atoms with Crippen molar-refractivity contribution in [2.24, 2.45) is 11.8 Å². The highest BCUT2D eigenvalue weighted by molar-refractivity contribution is 7.89. The SMILES string of the molecule is CC(C)C#Cc1ccc2c(c1)O[C@H](CN(C)C(=O)c1cnccn1)[C@@H](C)CN([C@@H](C)CO)S2(=O)=O. The van der Waals surface area contributed by atoms with E-state index < -0.39 is 22.2 Å². The molecule has 0 bridgehead atoms. The Kier molecular flexibility index (Phi) is 8.48. The van der Waals surface area contributed by atoms with E-state index in [4.69, 9.17) is 4.74 Å². The van der Waals surface area contributed by atoms with Gasteiger partial charge in [-0.05, 0) is 25.1 Å². The Morgan fingerprint density at radius 2 is 2.06 bits per heavy atom. The van der Waals surface area contributed by atoms with Crippen molar-refractivity contribution in [2.75, 3.05) is 26.7 Å². The van der Waals surface area contributed by atoms with Crippen LogP contribution >= 0.6 is 0 Å². The number of nitrogens with zero attached hydrogens (tertiary/aromatic N) is 4. The van der Waals surface area contributed by atoms with Crippen LogP contribution in [0.2, 0.25) is 0 Å². The zero-order valence-corrected chi connectivity index (χ0v) is 21.5. The highest BCUT2D eigenvalue weighted by atomic mass is 32.2. The number of hydrogen-bond donors (Lipinski definition) is 1. The van der Waals surface area contributed by atoms with Crippen LogP contribution < -0.4 is 4.74 Å². The topological polar surface area (TPSA) is 113 Å². The van der Waals surface area contributed by atoms with E-state index in [9.17, 15) is 18.3 Å². The molecule has 0 fully saturated rings. The predicted molar refractivity (Wildman–Crippen MR) is 131 cm³/mol. The molecule has 2 aromatic rings. The Morgan fingerprint density at radius 3 is 2.69 bits per heavy atom. The zero-order valence-electron chi connectivity index (χ0n) is 20.7. The first-order valence-electron chi connectivity index (χ1n) is 11.5. The van der Waals surface area contributed by atoms with Gasteiger partial charge in [-0.1, -0.05) is 32.6 Å². The summed E-state index contributed by atoms with van der Waals surface area (Å²) in [5.74, 6) is 5.83. The number of aromatic nitrogens is 2. The van der Waals surface area contributed by atoms with E-state index in [1.54, 1.807) is 26.1 Å². The number of sulfonamides is 1. The summed E-state index contributed by atoms with van der Waals surface area (Å²) in [7, 11) is -2.30. The fourth-order valence-electron chi connectivity index (χ4n) is 3.71. The molecule has 1 aromatic heterocycles. The second-order valence-corrected chi connectivity index (χ2v) is 11.0. The maximum atomic E-state index is 13.5. The van der Waals surface area contributed by atoms with E-state index in [0.717, 1.165) is 0 Å². The van der Waals surface area contributed by atoms with Crippen molar-refractivity contribution in [2.45, 2.75) is 44.7 Å². The summed E-state index contributed by atoms with van der Waals surface area (Å²) < 4.78 is 34.7. The summed E-state index contributed by atoms with van der Waals surface area (Å²) in [5, 5.41) is 9.77. The lowest BCUT2D eigenvalue weighted by Crippen LogP contribution is -2.50. The summed E-state index contributed by atoms with van der Waals surface area (Å²) in [6.45, 7) is 7.46. The molecule has 0 spiro atoms. The van der Waals surface area contributed by atoms with Crippen LogP contribution in [0.15, 0.2) is 41.7 Å². The fraction of sp³-hybridized carbons (Fsp3) is 0.480. The minimum atomic E-state index is -3.94. The van der Waals surface area contributed by atoms with Crippen LogP contribution in [-0.4, -0.2) is 77.5 Å². The summed E-state index contributed by atoms with van der Waals surface area (Å²) in [5.41, 5.74) is 0.837. The third-order valence-electron chi connectivity index (χ3n) is 5.76. The van der Waals surface area contributed by atoms with Crippen molar-refractivity contribution >= 4 is 15.9 Å². The van der Waals surface area contributed by atoms with Crippen LogP contribution in [0.1, 0.15) is 43.7 Å². The van der Waals surface area contributed by atoms with Gasteiger partial charge in [-0.15, -0.1) is 0 Å². The normalized spacial score (nSPS) is 20.4. The number of hydrogen-bond acceptors (Lipinski definition) is 7. The van der Waals surface area contributed by atoms with Crippen molar-refractivity contribution in [3.8, 4) is 17.6 Å². The molecule has 1 amide bonds. The third-order valence-corrected chi connectivity index (χ3v) is 7.77. The lowest BCUT2D eigenvalue weighted by Gasteiger charge is -2.37. The van der Waals surface area contributed by atoms with Crippen LogP contribution in [0, 0.1) is 23.7 Å². The summed E-state index contributed by atoms with van der Waals surface area (Å²) in [6.07, 6.45) is 3.81. The van der Waals surface area contributed by atoms with Crippen molar-refractivity contribution in [1.82, 2.24) is 19.2 Å². The minimum Gasteiger partial charge on any atom is -0.487 e. The second-order valence-electron chi connectivity index (χ2n) is 9.10. The molecule has 9 nitrogen and oxygen atoms in total. The first-order chi connectivity index (χ1) is 16.5. The average molecular weight is 501 g/mol. The maximum Gasteiger partial charge on any atom is 0.273 e. The predicted octanol–water partition coefficient (Wildman–Crippen LogP) is 2.02. The molecule has 0 saturated carbocycles. The van der Waals surface area contributed by atoms with Crippen molar-refractivity contribution in [3.63, 3.8) is 0 Å². The molecular weight excluding hydrogens is 468 g/mol. The van der Waals surface area contributed by atoms with Crippen LogP contribution in [0.3, 0.4) is 0 Å². The fourth-order valence-corrected chi connectivity index (χ4v) is 5.53. The molecule has 3 rings (SSSR count). The second kappa shape index (κ2) is 11.2. The van der Waals surface area contributed by atoms with Gasteiger partial charge >= 0.3 is 0 Å². The van der Waals surface area contributed by atoms with Gasteiger partial charge in [0.05, 0.1) is 19.3 Å². The van der Waals surface area contributed by atoms with E-state index in [-0.39, 0.29) is 53.8 Å². The van der Waals surface area contributed by atoms with Crippen molar-refractivity contribution < 1.29 is 23.1 Å². The first kappa shape index (κ1) is 26.6. The molecule has 35 heavy (non-hydrogen) atoms. The molecule has 0 radical (unpaired) electrons. The maximum absolute atomic E-state index is 13.5. The van der Waals surface area contributed by atoms with Gasteiger partial charge in [0.25, 0.3) is 5.91 Å². The quantitative estimate of drug-likeness (QED) is 0.625. The Hall–Kier alpha value is -3.00. The largest absolute Gasteiger partial charge is 0.487 e. The van der Waals surface area contributed by atoms with Crippen LogP contribution in [-0.2, 0) is 10.0 Å². The highest BCUT2D eigenvalue weighted by Crippen LogP contribution is 2.34. The van der Waals surface area contributed by atoms with Crippen molar-refractivity contribution in [1.29, 1.82) is 0 Å². The lowest BCUT2D eigenvalue weighted by molar-refractivity contribution is 0.0559. The number of amides is 1. The van der Waals surface area contributed by atoms with Crippen LogP contribution in [0.4, 0.5) is 0 Å². The summed E-state index contributed by atoms with van der Waals surface area (Å²) >= 11 is 0. The molecule has 1 aromatic carbocycles. The first-order valence-corrected chi connectivity index (χ1v) is 12.9. The van der Waals surface area contributed by atoms with E-state index in [0.29, 0.717) is 5.56 Å². The van der Waals surface area contributed by atoms with Gasteiger partial charge in [0, 0.05) is 49.4 Å². The summed E-state index contributed by atoms with van der Waals surface area (Å²) in [4.78, 5) is 22.4. The number of aliphatic hydroxyl groups excluding tert-OH is 1. The average Bonchev–Trinajstić information content (AvgIpc) is 2.84. The van der Waals surface area contributed by atoms with Crippen LogP contribution in [0.25, 0.3) is 0 Å². The number of carbonyl (C=O) groups is 1. The van der Waals surface area contributed by atoms with Crippen LogP contribution in [0.5, 0.6) is 5.75 Å². The van der Waals surface area contributed by atoms with Gasteiger partial charge in [-0.25, -0.2) is 13.4 Å². The smallest absolute Gasteiger partial charge is 0.273 e. The molecule has 0 saturated heterocycles. The number of likely N-dealkylation sites (N-methyl/N-ethyl adjacent to an activating group) is 1. The molecule has 0 aliphatic carbocycles. The highest BCUT2D eigenvalue weighted by Gasteiger charge is 2.38. The Labute approximate surface area is 207 Å². The minimum absolute atomic E-state index is 0.00713. The standard InChI is InChI=1S/C25H32N4O5S/c1-17(2)6-7-20-8-9-24-22(12-20)34-23(15-28(5)25(31)21-13-26-10-11-27-21)18(3)14-29(19(4)16-30)35(24,32)33/h8-13,17-19,23,30H,14-16H2,1-5H3/t18-,19-,23+/m0/s1. The Balaban J connectivity index is 2.02. The number of benzene rings is 1. The molecule has 2 heterocycles. The van der Waals surface area contributed by atoms with Crippen molar-refractivity contribution in [3.05, 3.63) is 48.0 Å². The molecule has 188 valence electrons. The monoisotopic (exact) mass is 500 g/mol. The number of rotatable bonds is 5.